The SMILES string of the molecule is O=CC(C(=O)Oc1ccc(Cl)cc1)[P](c1ccccc1)(c1ccccc1)c1ccccc1. The van der Waals surface area contributed by atoms with Crippen LogP contribution in [-0.4, -0.2) is 17.9 Å². The molecule has 4 rings (SSSR count). The Morgan fingerprint density at radius 3 is 1.47 bits per heavy atom. The van der Waals surface area contributed by atoms with E-state index in [1.54, 1.807) is 24.3 Å². The summed E-state index contributed by atoms with van der Waals surface area (Å²) in [7, 11) is -2.73. The summed E-state index contributed by atoms with van der Waals surface area (Å²) in [6.07, 6.45) is 0.735. The second-order valence-electron chi connectivity index (χ2n) is 7.19. The number of benzene rings is 4. The number of ether oxygens (including phenoxy) is 1. The van der Waals surface area contributed by atoms with Crippen LogP contribution in [0.2, 0.25) is 5.02 Å². The smallest absolute Gasteiger partial charge is 0.326 e. The Bertz CT molecular complexity index is 1080. The van der Waals surface area contributed by atoms with Crippen molar-refractivity contribution in [3.63, 3.8) is 0 Å². The summed E-state index contributed by atoms with van der Waals surface area (Å²) < 4.78 is 5.69. The van der Waals surface area contributed by atoms with E-state index in [0.717, 1.165) is 22.2 Å². The quantitative estimate of drug-likeness (QED) is 0.131. The third-order valence-corrected chi connectivity index (χ3v) is 10.1. The number of hydrogen-bond acceptors (Lipinski definition) is 3. The molecule has 4 aromatic carbocycles. The third kappa shape index (κ3) is 4.23. The minimum absolute atomic E-state index is 0.346. The van der Waals surface area contributed by atoms with Gasteiger partial charge in [-0.2, -0.15) is 0 Å². The summed E-state index contributed by atoms with van der Waals surface area (Å²) in [4.78, 5) is 26.2. The normalized spacial score (nSPS) is 12.0. The molecule has 1 radical (unpaired) electrons. The molecular formula is C27H21ClO3P. The van der Waals surface area contributed by atoms with Crippen LogP contribution in [0, 0.1) is 0 Å². The summed E-state index contributed by atoms with van der Waals surface area (Å²) in [5.74, 6) is -0.245. The van der Waals surface area contributed by atoms with Crippen LogP contribution in [-0.2, 0) is 9.59 Å². The van der Waals surface area contributed by atoms with Crippen molar-refractivity contribution in [2.45, 2.75) is 5.66 Å². The van der Waals surface area contributed by atoms with Gasteiger partial charge in [0.2, 0.25) is 0 Å². The molecule has 1 atom stereocenters. The van der Waals surface area contributed by atoms with E-state index < -0.39 is 18.9 Å². The lowest BCUT2D eigenvalue weighted by molar-refractivity contribution is -0.135. The number of halogens is 1. The molecule has 32 heavy (non-hydrogen) atoms. The number of carbonyl (C=O) groups excluding carboxylic acids is 2. The van der Waals surface area contributed by atoms with Gasteiger partial charge >= 0.3 is 5.97 Å². The van der Waals surface area contributed by atoms with Gasteiger partial charge < -0.3 is 9.53 Å². The second kappa shape index (κ2) is 9.91. The fourth-order valence-corrected chi connectivity index (χ4v) is 8.37. The van der Waals surface area contributed by atoms with Crippen molar-refractivity contribution in [1.29, 1.82) is 0 Å². The topological polar surface area (TPSA) is 43.4 Å². The Balaban J connectivity index is 1.94. The fourth-order valence-electron chi connectivity index (χ4n) is 3.90. The van der Waals surface area contributed by atoms with Gasteiger partial charge in [0.1, 0.15) is 17.7 Å². The second-order valence-corrected chi connectivity index (χ2v) is 11.2. The summed E-state index contributed by atoms with van der Waals surface area (Å²) in [6, 6.07) is 35.8. The van der Waals surface area contributed by atoms with Crippen LogP contribution in [0.1, 0.15) is 0 Å². The first-order valence-electron chi connectivity index (χ1n) is 10.1. The average Bonchev–Trinajstić information content (AvgIpc) is 2.85. The molecule has 0 aliphatic carbocycles. The van der Waals surface area contributed by atoms with Gasteiger partial charge in [-0.25, -0.2) is 0 Å². The Labute approximate surface area is 193 Å². The number of esters is 1. The highest BCUT2D eigenvalue weighted by atomic mass is 35.5. The van der Waals surface area contributed by atoms with Gasteiger partial charge in [-0.1, -0.05) is 103 Å². The van der Waals surface area contributed by atoms with Gasteiger partial charge in [0, 0.05) is 5.02 Å². The van der Waals surface area contributed by atoms with Gasteiger partial charge in [-0.3, -0.25) is 4.79 Å². The molecule has 0 N–H and O–H groups in total. The van der Waals surface area contributed by atoms with Crippen molar-refractivity contribution >= 4 is 47.0 Å². The van der Waals surface area contributed by atoms with Crippen molar-refractivity contribution in [2.75, 3.05) is 0 Å². The molecule has 0 bridgehead atoms. The molecule has 0 amide bonds. The summed E-state index contributed by atoms with van der Waals surface area (Å²) >= 11 is 5.96. The third-order valence-electron chi connectivity index (χ3n) is 5.31. The van der Waals surface area contributed by atoms with Crippen LogP contribution < -0.4 is 20.7 Å². The zero-order chi connectivity index (χ0) is 22.4. The minimum Gasteiger partial charge on any atom is -0.426 e. The number of rotatable bonds is 7. The first kappa shape index (κ1) is 22.0. The van der Waals surface area contributed by atoms with Gasteiger partial charge in [-0.15, -0.1) is 0 Å². The standard InChI is InChI=1S/C27H21ClO3P/c28-21-16-18-22(19-17-21)31-27(30)26(20-29)32(23-10-4-1-5-11-23,24-12-6-2-7-13-24)25-14-8-3-9-15-25/h1-20,26H. The predicted octanol–water partition coefficient (Wildman–Crippen LogP) is 4.81. The maximum Gasteiger partial charge on any atom is 0.326 e. The molecule has 3 nitrogen and oxygen atoms in total. The van der Waals surface area contributed by atoms with Gasteiger partial charge in [0.05, 0.1) is 0 Å². The Kier molecular flexibility index (Phi) is 6.80. The largest absolute Gasteiger partial charge is 0.426 e. The molecule has 0 aliphatic rings. The van der Waals surface area contributed by atoms with E-state index in [1.807, 2.05) is 91.0 Å². The molecule has 0 aliphatic heterocycles. The van der Waals surface area contributed by atoms with Gasteiger partial charge in [-0.05, 0) is 47.4 Å². The molecule has 4 aromatic rings. The number of hydrogen-bond donors (Lipinski definition) is 0. The zero-order valence-corrected chi connectivity index (χ0v) is 18.8. The molecule has 1 unspecified atom stereocenters. The van der Waals surface area contributed by atoms with Crippen molar-refractivity contribution in [3.05, 3.63) is 120 Å². The Hall–Kier alpha value is -3.26. The van der Waals surface area contributed by atoms with E-state index in [4.69, 9.17) is 16.3 Å². The molecule has 0 heterocycles. The molecule has 0 fully saturated rings. The molecule has 159 valence electrons. The van der Waals surface area contributed by atoms with Crippen LogP contribution in [0.15, 0.2) is 115 Å². The Morgan fingerprint density at radius 2 is 1.09 bits per heavy atom. The summed E-state index contributed by atoms with van der Waals surface area (Å²) in [5.41, 5.74) is -1.02. The molecule has 5 heteroatoms. The van der Waals surface area contributed by atoms with Crippen LogP contribution in [0.4, 0.5) is 0 Å². The van der Waals surface area contributed by atoms with Crippen LogP contribution in [0.5, 0.6) is 5.75 Å². The van der Waals surface area contributed by atoms with Gasteiger partial charge in [0.25, 0.3) is 0 Å². The molecule has 0 saturated heterocycles. The van der Waals surface area contributed by atoms with E-state index >= 15 is 0 Å². The van der Waals surface area contributed by atoms with Crippen molar-refractivity contribution in [1.82, 2.24) is 0 Å². The van der Waals surface area contributed by atoms with E-state index in [-0.39, 0.29) is 0 Å². The molecule has 0 saturated carbocycles. The average molecular weight is 460 g/mol. The molecule has 0 spiro atoms. The van der Waals surface area contributed by atoms with E-state index in [9.17, 15) is 9.59 Å². The highest BCUT2D eigenvalue weighted by molar-refractivity contribution is 7.97. The monoisotopic (exact) mass is 459 g/mol. The lowest BCUT2D eigenvalue weighted by atomic mass is 10.3. The number of carbonyl (C=O) groups is 2. The molecular weight excluding hydrogens is 439 g/mol. The highest BCUT2D eigenvalue weighted by Crippen LogP contribution is 2.59. The van der Waals surface area contributed by atoms with Crippen LogP contribution >= 0.6 is 18.9 Å². The van der Waals surface area contributed by atoms with E-state index in [0.29, 0.717) is 10.8 Å². The van der Waals surface area contributed by atoms with Crippen LogP contribution in [0.25, 0.3) is 0 Å². The fraction of sp³-hybridized carbons (Fsp3) is 0.0370. The Morgan fingerprint density at radius 1 is 0.688 bits per heavy atom. The predicted molar refractivity (Wildman–Crippen MR) is 132 cm³/mol. The first-order valence-corrected chi connectivity index (χ1v) is 12.4. The minimum atomic E-state index is -2.73. The first-order chi connectivity index (χ1) is 15.7. The highest BCUT2D eigenvalue weighted by Gasteiger charge is 2.46. The lowest BCUT2D eigenvalue weighted by Gasteiger charge is -2.41. The van der Waals surface area contributed by atoms with Crippen molar-refractivity contribution < 1.29 is 14.3 Å². The van der Waals surface area contributed by atoms with Crippen molar-refractivity contribution in [2.24, 2.45) is 0 Å². The summed E-state index contributed by atoms with van der Waals surface area (Å²) in [5, 5.41) is 3.34. The van der Waals surface area contributed by atoms with E-state index in [1.165, 1.54) is 0 Å². The van der Waals surface area contributed by atoms with E-state index in [2.05, 4.69) is 0 Å². The zero-order valence-electron chi connectivity index (χ0n) is 17.2. The van der Waals surface area contributed by atoms with Gasteiger partial charge in [0.15, 0.2) is 0 Å². The maximum atomic E-state index is 13.5. The lowest BCUT2D eigenvalue weighted by Crippen LogP contribution is -2.44. The maximum absolute atomic E-state index is 13.5. The molecule has 0 aromatic heterocycles. The van der Waals surface area contributed by atoms with Crippen molar-refractivity contribution in [3.8, 4) is 5.75 Å². The number of aldehydes is 1. The summed E-state index contributed by atoms with van der Waals surface area (Å²) in [6.45, 7) is 0. The van der Waals surface area contributed by atoms with Crippen LogP contribution in [0.3, 0.4) is 0 Å².